The molecule has 32 heavy (non-hydrogen) atoms. The maximum atomic E-state index is 12.6. The summed E-state index contributed by atoms with van der Waals surface area (Å²) in [5.41, 5.74) is 4.08. The summed E-state index contributed by atoms with van der Waals surface area (Å²) in [6.07, 6.45) is 1.56. The van der Waals surface area contributed by atoms with Gasteiger partial charge < -0.3 is 20.1 Å². The van der Waals surface area contributed by atoms with E-state index < -0.39 is 17.9 Å². The fourth-order valence-corrected chi connectivity index (χ4v) is 4.56. The van der Waals surface area contributed by atoms with Gasteiger partial charge in [-0.2, -0.15) is 5.10 Å². The Bertz CT molecular complexity index is 1080. The molecule has 1 aromatic carbocycles. The fourth-order valence-electron chi connectivity index (χ4n) is 3.00. The summed E-state index contributed by atoms with van der Waals surface area (Å²) in [7, 11) is 0. The molecule has 1 amide bonds. The largest absolute Gasteiger partial charge is 0.483 e. The van der Waals surface area contributed by atoms with Gasteiger partial charge in [-0.05, 0) is 60.2 Å². The first-order valence-electron chi connectivity index (χ1n) is 9.63. The Labute approximate surface area is 203 Å². The Morgan fingerprint density at radius 3 is 2.81 bits per heavy atom. The van der Waals surface area contributed by atoms with Crippen molar-refractivity contribution in [3.63, 3.8) is 0 Å². The standard InChI is InChI=1S/C21H21BrN4O4S2/c1-3-29-20(28)18-12(2)24-21(31)25-19(18)14-6-4-5-7-15(14)30-11-17(27)26-23-10-13-8-9-16(22)32-13/h4-10,19H,3,11H2,1-2H3,(H,26,27)(H2,24,25,31)/t19-/m0/s1. The predicted molar refractivity (Wildman–Crippen MR) is 131 cm³/mol. The number of esters is 1. The number of nitrogens with zero attached hydrogens (tertiary/aromatic N) is 1. The van der Waals surface area contributed by atoms with E-state index >= 15 is 0 Å². The van der Waals surface area contributed by atoms with Crippen LogP contribution in [0.2, 0.25) is 0 Å². The lowest BCUT2D eigenvalue weighted by Crippen LogP contribution is -2.45. The van der Waals surface area contributed by atoms with Crippen molar-refractivity contribution in [1.82, 2.24) is 16.1 Å². The molecule has 0 spiro atoms. The molecule has 3 N–H and O–H groups in total. The van der Waals surface area contributed by atoms with E-state index in [2.05, 4.69) is 37.1 Å². The molecule has 2 heterocycles. The quantitative estimate of drug-likeness (QED) is 0.205. The molecule has 3 rings (SSSR count). The molecular weight excluding hydrogens is 516 g/mol. The van der Waals surface area contributed by atoms with Gasteiger partial charge in [0.1, 0.15) is 5.75 Å². The van der Waals surface area contributed by atoms with Crippen molar-refractivity contribution in [3.05, 3.63) is 61.9 Å². The number of hydrogen-bond acceptors (Lipinski definition) is 7. The van der Waals surface area contributed by atoms with Gasteiger partial charge >= 0.3 is 5.97 Å². The van der Waals surface area contributed by atoms with Crippen LogP contribution in [0, 0.1) is 0 Å². The zero-order chi connectivity index (χ0) is 23.1. The summed E-state index contributed by atoms with van der Waals surface area (Å²) in [4.78, 5) is 25.7. The molecule has 1 aromatic heterocycles. The molecule has 0 unspecified atom stereocenters. The number of ether oxygens (including phenoxy) is 2. The zero-order valence-corrected chi connectivity index (χ0v) is 20.5. The molecule has 1 aliphatic heterocycles. The Kier molecular flexibility index (Phi) is 8.37. The minimum absolute atomic E-state index is 0.244. The monoisotopic (exact) mass is 536 g/mol. The van der Waals surface area contributed by atoms with Crippen LogP contribution in [0.15, 0.2) is 56.6 Å². The van der Waals surface area contributed by atoms with Crippen LogP contribution < -0.4 is 20.8 Å². The highest BCUT2D eigenvalue weighted by molar-refractivity contribution is 9.11. The van der Waals surface area contributed by atoms with E-state index in [-0.39, 0.29) is 13.2 Å². The van der Waals surface area contributed by atoms with Crippen molar-refractivity contribution < 1.29 is 19.1 Å². The van der Waals surface area contributed by atoms with Crippen LogP contribution in [0.1, 0.15) is 30.3 Å². The van der Waals surface area contributed by atoms with E-state index in [1.165, 1.54) is 11.3 Å². The number of thiocarbonyl (C=S) groups is 1. The molecule has 0 bridgehead atoms. The van der Waals surface area contributed by atoms with E-state index in [9.17, 15) is 9.59 Å². The van der Waals surface area contributed by atoms with Gasteiger partial charge in [0, 0.05) is 16.1 Å². The zero-order valence-electron chi connectivity index (χ0n) is 17.3. The van der Waals surface area contributed by atoms with Gasteiger partial charge in [0.25, 0.3) is 5.91 Å². The first-order valence-corrected chi connectivity index (χ1v) is 11.6. The summed E-state index contributed by atoms with van der Waals surface area (Å²) in [5.74, 6) is -0.442. The van der Waals surface area contributed by atoms with Gasteiger partial charge in [0.2, 0.25) is 0 Å². The molecule has 1 aliphatic rings. The van der Waals surface area contributed by atoms with Crippen LogP contribution in [0.5, 0.6) is 5.75 Å². The molecular formula is C21H21BrN4O4S2. The van der Waals surface area contributed by atoms with Crippen LogP contribution in [0.4, 0.5) is 0 Å². The minimum Gasteiger partial charge on any atom is -0.483 e. The number of hydrazone groups is 1. The van der Waals surface area contributed by atoms with E-state index in [1.807, 2.05) is 18.2 Å². The van der Waals surface area contributed by atoms with Crippen LogP contribution in [-0.4, -0.2) is 36.4 Å². The number of para-hydroxylation sites is 1. The maximum Gasteiger partial charge on any atom is 0.338 e. The van der Waals surface area contributed by atoms with Crippen molar-refractivity contribution >= 4 is 62.7 Å². The highest BCUT2D eigenvalue weighted by Crippen LogP contribution is 2.33. The number of hydrogen-bond donors (Lipinski definition) is 3. The third-order valence-electron chi connectivity index (χ3n) is 4.33. The Morgan fingerprint density at radius 1 is 1.31 bits per heavy atom. The van der Waals surface area contributed by atoms with E-state index in [0.29, 0.717) is 27.7 Å². The van der Waals surface area contributed by atoms with Crippen LogP contribution in [0.25, 0.3) is 0 Å². The second kappa shape index (κ2) is 11.2. The number of thiophene rings is 1. The lowest BCUT2D eigenvalue weighted by Gasteiger charge is -2.30. The van der Waals surface area contributed by atoms with E-state index in [0.717, 1.165) is 8.66 Å². The Balaban J connectivity index is 1.72. The molecule has 2 aromatic rings. The highest BCUT2D eigenvalue weighted by atomic mass is 79.9. The van der Waals surface area contributed by atoms with Gasteiger partial charge in [0.15, 0.2) is 11.7 Å². The Morgan fingerprint density at radius 2 is 2.09 bits per heavy atom. The normalized spacial score (nSPS) is 15.8. The third-order valence-corrected chi connectivity index (χ3v) is 6.11. The van der Waals surface area contributed by atoms with Gasteiger partial charge in [-0.15, -0.1) is 11.3 Å². The smallest absolute Gasteiger partial charge is 0.338 e. The average molecular weight is 537 g/mol. The molecule has 0 fully saturated rings. The number of rotatable bonds is 8. The molecule has 11 heteroatoms. The minimum atomic E-state index is -0.586. The number of carbonyl (C=O) groups excluding carboxylic acids is 2. The summed E-state index contributed by atoms with van der Waals surface area (Å²) < 4.78 is 11.9. The van der Waals surface area contributed by atoms with Gasteiger partial charge in [-0.25, -0.2) is 10.2 Å². The first-order chi connectivity index (χ1) is 15.4. The van der Waals surface area contributed by atoms with Crippen LogP contribution in [-0.2, 0) is 14.3 Å². The van der Waals surface area contributed by atoms with Gasteiger partial charge in [0.05, 0.1) is 28.2 Å². The number of amides is 1. The van der Waals surface area contributed by atoms with Crippen molar-refractivity contribution in [3.8, 4) is 5.75 Å². The van der Waals surface area contributed by atoms with E-state index in [4.69, 9.17) is 21.7 Å². The predicted octanol–water partition coefficient (Wildman–Crippen LogP) is 3.40. The number of halogens is 1. The third kappa shape index (κ3) is 6.15. The van der Waals surface area contributed by atoms with Crippen molar-refractivity contribution in [2.24, 2.45) is 5.10 Å². The number of benzene rings is 1. The second-order valence-electron chi connectivity index (χ2n) is 6.55. The summed E-state index contributed by atoms with van der Waals surface area (Å²) in [5, 5.41) is 10.4. The lowest BCUT2D eigenvalue weighted by atomic mass is 9.95. The SMILES string of the molecule is CCOC(=O)C1=C(C)NC(=S)N[C@H]1c1ccccc1OCC(=O)NN=Cc1ccc(Br)s1. The molecule has 0 saturated heterocycles. The molecule has 168 valence electrons. The second-order valence-corrected chi connectivity index (χ2v) is 9.46. The maximum absolute atomic E-state index is 12.6. The fraction of sp³-hybridized carbons (Fsp3) is 0.238. The average Bonchev–Trinajstić information content (AvgIpc) is 3.17. The Hall–Kier alpha value is -2.76. The lowest BCUT2D eigenvalue weighted by molar-refractivity contribution is -0.139. The number of allylic oxidation sites excluding steroid dienone is 1. The van der Waals surface area contributed by atoms with Crippen molar-refractivity contribution in [2.45, 2.75) is 19.9 Å². The highest BCUT2D eigenvalue weighted by Gasteiger charge is 2.32. The van der Waals surface area contributed by atoms with Gasteiger partial charge in [-0.3, -0.25) is 4.79 Å². The number of nitrogens with one attached hydrogen (secondary N) is 3. The topological polar surface area (TPSA) is 101 Å². The van der Waals surface area contributed by atoms with E-state index in [1.54, 1.807) is 38.3 Å². The molecule has 0 saturated carbocycles. The van der Waals surface area contributed by atoms with Crippen molar-refractivity contribution in [1.29, 1.82) is 0 Å². The van der Waals surface area contributed by atoms with Gasteiger partial charge in [-0.1, -0.05) is 18.2 Å². The molecule has 8 nitrogen and oxygen atoms in total. The molecule has 0 radical (unpaired) electrons. The summed E-state index contributed by atoms with van der Waals surface area (Å²) in [6.45, 7) is 3.49. The number of carbonyl (C=O) groups is 2. The molecule has 0 aliphatic carbocycles. The first kappa shape index (κ1) is 23.9. The van der Waals surface area contributed by atoms with Crippen LogP contribution >= 0.6 is 39.5 Å². The summed E-state index contributed by atoms with van der Waals surface area (Å²) in [6, 6.07) is 10.3. The van der Waals surface area contributed by atoms with Crippen LogP contribution in [0.3, 0.4) is 0 Å². The molecule has 1 atom stereocenters. The van der Waals surface area contributed by atoms with Crippen molar-refractivity contribution in [2.75, 3.05) is 13.2 Å². The summed E-state index contributed by atoms with van der Waals surface area (Å²) >= 11 is 10.1.